The highest BCUT2D eigenvalue weighted by Crippen LogP contribution is 2.34. The molecule has 0 radical (unpaired) electrons. The van der Waals surface area contributed by atoms with Crippen molar-refractivity contribution in [3.8, 4) is 5.69 Å². The Morgan fingerprint density at radius 3 is 2.52 bits per heavy atom. The first-order chi connectivity index (χ1) is 13.8. The van der Waals surface area contributed by atoms with Gasteiger partial charge in [0.2, 0.25) is 0 Å². The molecule has 1 atom stereocenters. The molecule has 2 aromatic rings. The molecule has 3 rings (SSSR count). The Balaban J connectivity index is 1.87. The summed E-state index contributed by atoms with van der Waals surface area (Å²) < 4.78 is 6.87. The van der Waals surface area contributed by atoms with Crippen LogP contribution in [0.25, 0.3) is 11.8 Å². The molecule has 1 saturated heterocycles. The van der Waals surface area contributed by atoms with Gasteiger partial charge in [0.1, 0.15) is 6.04 Å². The summed E-state index contributed by atoms with van der Waals surface area (Å²) in [5, 5.41) is -0.477. The van der Waals surface area contributed by atoms with Gasteiger partial charge in [-0.1, -0.05) is 0 Å². The van der Waals surface area contributed by atoms with Crippen molar-refractivity contribution < 1.29 is 19.1 Å². The maximum Gasteiger partial charge on any atom is 0.329 e. The van der Waals surface area contributed by atoms with Gasteiger partial charge < -0.3 is 14.2 Å². The van der Waals surface area contributed by atoms with Crippen LogP contribution in [0.5, 0.6) is 0 Å². The average Bonchev–Trinajstić information content (AvgIpc) is 3.26. The number of rotatable bonds is 6. The van der Waals surface area contributed by atoms with Gasteiger partial charge in [0.25, 0.3) is 11.1 Å². The Morgan fingerprint density at radius 2 is 1.90 bits per heavy atom. The molecule has 7 nitrogen and oxygen atoms in total. The number of carbonyl (C=O) groups excluding carboxylic acids is 3. The van der Waals surface area contributed by atoms with E-state index in [9.17, 15) is 14.4 Å². The summed E-state index contributed by atoms with van der Waals surface area (Å²) in [6.45, 7) is 3.36. The summed E-state index contributed by atoms with van der Waals surface area (Å²) in [5.74, 6) is -1.09. The molecule has 0 N–H and O–H groups in total. The highest BCUT2D eigenvalue weighted by Gasteiger charge is 2.41. The number of carbonyl (C=O) groups is 3. The number of ether oxygens (including phenoxy) is 1. The molecule has 0 aliphatic carbocycles. The highest BCUT2D eigenvalue weighted by molar-refractivity contribution is 8.18. The van der Waals surface area contributed by atoms with E-state index in [0.29, 0.717) is 0 Å². The lowest BCUT2D eigenvalue weighted by Gasteiger charge is -2.19. The zero-order valence-electron chi connectivity index (χ0n) is 16.8. The highest BCUT2D eigenvalue weighted by atomic mass is 32.2. The molecule has 0 bridgehead atoms. The molecule has 8 heteroatoms. The van der Waals surface area contributed by atoms with Gasteiger partial charge in [0.05, 0.1) is 11.5 Å². The molecule has 1 fully saturated rings. The number of hydrogen-bond donors (Lipinski definition) is 0. The maximum atomic E-state index is 12.8. The van der Waals surface area contributed by atoms with E-state index >= 15 is 0 Å². The van der Waals surface area contributed by atoms with Gasteiger partial charge in [-0.15, -0.1) is 0 Å². The number of anilines is 1. The van der Waals surface area contributed by atoms with Crippen LogP contribution in [-0.2, 0) is 14.3 Å². The van der Waals surface area contributed by atoms with Crippen molar-refractivity contribution in [2.24, 2.45) is 0 Å². The normalized spacial score (nSPS) is 16.4. The van der Waals surface area contributed by atoms with Crippen LogP contribution >= 0.6 is 11.8 Å². The van der Waals surface area contributed by atoms with Crippen molar-refractivity contribution in [3.63, 3.8) is 0 Å². The Morgan fingerprint density at radius 1 is 1.21 bits per heavy atom. The topological polar surface area (TPSA) is 71.8 Å². The van der Waals surface area contributed by atoms with Crippen LogP contribution in [0.2, 0.25) is 0 Å². The molecule has 0 spiro atoms. The molecule has 1 unspecified atom stereocenters. The van der Waals surface area contributed by atoms with E-state index in [1.165, 1.54) is 6.92 Å². The summed E-state index contributed by atoms with van der Waals surface area (Å²) in [7, 11) is 3.95. The second-order valence-electron chi connectivity index (χ2n) is 6.69. The standard InChI is InChI=1S/C21H23N3O4S/c1-5-28-20(26)14(2)24-19(25)18(29-21(24)27)13-17-7-6-12-23(17)16-10-8-15(9-11-16)22(3)4/h6-14H,5H2,1-4H3. The number of imide groups is 1. The van der Waals surface area contributed by atoms with Gasteiger partial charge in [-0.3, -0.25) is 14.5 Å². The van der Waals surface area contributed by atoms with E-state index in [1.54, 1.807) is 13.0 Å². The monoisotopic (exact) mass is 413 g/mol. The van der Waals surface area contributed by atoms with Crippen molar-refractivity contribution in [1.82, 2.24) is 9.47 Å². The van der Waals surface area contributed by atoms with E-state index in [4.69, 9.17) is 4.74 Å². The number of benzene rings is 1. The third kappa shape index (κ3) is 4.22. The van der Waals surface area contributed by atoms with Crippen LogP contribution in [0, 0.1) is 0 Å². The minimum atomic E-state index is -0.960. The van der Waals surface area contributed by atoms with Crippen LogP contribution in [0.15, 0.2) is 47.5 Å². The quantitative estimate of drug-likeness (QED) is 0.533. The maximum absolute atomic E-state index is 12.8. The minimum absolute atomic E-state index is 0.190. The Kier molecular flexibility index (Phi) is 6.12. The molecule has 29 heavy (non-hydrogen) atoms. The Labute approximate surface area is 173 Å². The summed E-state index contributed by atoms with van der Waals surface area (Å²) >= 11 is 0.825. The molecule has 0 saturated carbocycles. The van der Waals surface area contributed by atoms with Crippen molar-refractivity contribution in [2.75, 3.05) is 25.6 Å². The van der Waals surface area contributed by atoms with Gasteiger partial charge in [-0.2, -0.15) is 0 Å². The zero-order chi connectivity index (χ0) is 21.1. The second-order valence-corrected chi connectivity index (χ2v) is 7.69. The number of aromatic nitrogens is 1. The van der Waals surface area contributed by atoms with Crippen LogP contribution in [0.4, 0.5) is 10.5 Å². The number of esters is 1. The second kappa shape index (κ2) is 8.57. The van der Waals surface area contributed by atoms with E-state index in [-0.39, 0.29) is 11.5 Å². The van der Waals surface area contributed by atoms with Crippen LogP contribution in [0.3, 0.4) is 0 Å². The van der Waals surface area contributed by atoms with Crippen LogP contribution in [-0.4, -0.2) is 53.3 Å². The summed E-state index contributed by atoms with van der Waals surface area (Å²) in [5.41, 5.74) is 2.78. The molecule has 1 aromatic heterocycles. The van der Waals surface area contributed by atoms with Crippen molar-refractivity contribution in [2.45, 2.75) is 19.9 Å². The lowest BCUT2D eigenvalue weighted by Crippen LogP contribution is -2.42. The SMILES string of the molecule is CCOC(=O)C(C)N1C(=O)SC(=Cc2cccn2-c2ccc(N(C)C)cc2)C1=O. The van der Waals surface area contributed by atoms with E-state index in [0.717, 1.165) is 33.7 Å². The predicted octanol–water partition coefficient (Wildman–Crippen LogP) is 3.53. The van der Waals surface area contributed by atoms with Crippen LogP contribution < -0.4 is 4.90 Å². The summed E-state index contributed by atoms with van der Waals surface area (Å²) in [6.07, 6.45) is 3.56. The first-order valence-corrected chi connectivity index (χ1v) is 10.0. The van der Waals surface area contributed by atoms with E-state index in [2.05, 4.69) is 0 Å². The molecular formula is C21H23N3O4S. The fraction of sp³-hybridized carbons (Fsp3) is 0.286. The Bertz CT molecular complexity index is 963. The molecular weight excluding hydrogens is 390 g/mol. The fourth-order valence-corrected chi connectivity index (χ4v) is 3.87. The van der Waals surface area contributed by atoms with Gasteiger partial charge in [-0.05, 0) is 68.1 Å². The van der Waals surface area contributed by atoms with Crippen molar-refractivity contribution >= 4 is 40.6 Å². The lowest BCUT2D eigenvalue weighted by atomic mass is 10.2. The van der Waals surface area contributed by atoms with Crippen molar-refractivity contribution in [3.05, 3.63) is 53.2 Å². The smallest absolute Gasteiger partial charge is 0.329 e. The molecule has 1 aliphatic heterocycles. The third-order valence-electron chi connectivity index (χ3n) is 4.54. The van der Waals surface area contributed by atoms with Gasteiger partial charge in [-0.25, -0.2) is 4.79 Å². The fourth-order valence-electron chi connectivity index (χ4n) is 2.97. The van der Waals surface area contributed by atoms with Gasteiger partial charge >= 0.3 is 5.97 Å². The average molecular weight is 413 g/mol. The number of hydrogen-bond acceptors (Lipinski definition) is 6. The van der Waals surface area contributed by atoms with Crippen LogP contribution in [0.1, 0.15) is 19.5 Å². The summed E-state index contributed by atoms with van der Waals surface area (Å²) in [6, 6.07) is 10.8. The van der Waals surface area contributed by atoms with Gasteiger partial charge in [0, 0.05) is 37.4 Å². The van der Waals surface area contributed by atoms with Gasteiger partial charge in [0.15, 0.2) is 0 Å². The molecule has 1 aliphatic rings. The van der Waals surface area contributed by atoms with E-state index < -0.39 is 23.2 Å². The molecule has 2 heterocycles. The molecule has 2 amide bonds. The third-order valence-corrected chi connectivity index (χ3v) is 5.43. The minimum Gasteiger partial charge on any atom is -0.464 e. The number of nitrogens with zero attached hydrogens (tertiary/aromatic N) is 3. The van der Waals surface area contributed by atoms with Crippen molar-refractivity contribution in [1.29, 1.82) is 0 Å². The molecule has 152 valence electrons. The van der Waals surface area contributed by atoms with E-state index in [1.807, 2.05) is 66.2 Å². The summed E-state index contributed by atoms with van der Waals surface area (Å²) in [4.78, 5) is 40.3. The first-order valence-electron chi connectivity index (χ1n) is 9.22. The zero-order valence-corrected chi connectivity index (χ0v) is 17.6. The largest absolute Gasteiger partial charge is 0.464 e. The predicted molar refractivity (Wildman–Crippen MR) is 114 cm³/mol. The Hall–Kier alpha value is -3.00. The number of thioether (sulfide) groups is 1. The lowest BCUT2D eigenvalue weighted by molar-refractivity contribution is -0.150. The first kappa shape index (κ1) is 20.7. The number of amides is 2. The molecule has 1 aromatic carbocycles.